The number of hydrogen-bond donors (Lipinski definition) is 0. The minimum absolute atomic E-state index is 0.586. The van der Waals surface area contributed by atoms with Gasteiger partial charge in [-0.2, -0.15) is 0 Å². The molecular weight excluding hydrogens is 755 g/mol. The maximum atomic E-state index is 6.68. The van der Waals surface area contributed by atoms with E-state index in [1.165, 1.54) is 0 Å². The first kappa shape index (κ1) is 34.5. The highest BCUT2D eigenvalue weighted by molar-refractivity contribution is 6.11. The van der Waals surface area contributed by atoms with Crippen molar-refractivity contribution in [2.24, 2.45) is 0 Å². The minimum Gasteiger partial charge on any atom is -0.456 e. The molecule has 0 saturated carbocycles. The quantitative estimate of drug-likeness (QED) is 0.150. The average molecular weight is 788 g/mol. The van der Waals surface area contributed by atoms with Gasteiger partial charge in [0.05, 0.1) is 11.9 Å². The van der Waals surface area contributed by atoms with Gasteiger partial charge in [-0.15, -0.1) is 0 Å². The number of nitrogens with zero attached hydrogens (tertiary/aromatic N) is 5. The lowest BCUT2D eigenvalue weighted by Gasteiger charge is -2.26. The summed E-state index contributed by atoms with van der Waals surface area (Å²) in [5.41, 5.74) is 12.6. The number of fused-ring (bicyclic) bond motifs is 6. The fourth-order valence-corrected chi connectivity index (χ4v) is 8.23. The molecule has 4 heterocycles. The van der Waals surface area contributed by atoms with Crippen LogP contribution in [0.4, 0.5) is 34.1 Å². The van der Waals surface area contributed by atoms with Crippen LogP contribution in [0.25, 0.3) is 77.8 Å². The van der Waals surface area contributed by atoms with Crippen LogP contribution in [-0.4, -0.2) is 15.0 Å². The van der Waals surface area contributed by atoms with Crippen LogP contribution < -0.4 is 9.80 Å². The second-order valence-corrected chi connectivity index (χ2v) is 14.9. The van der Waals surface area contributed by atoms with Crippen molar-refractivity contribution < 1.29 is 13.3 Å². The molecule has 0 spiro atoms. The maximum Gasteiger partial charge on any atom is 0.227 e. The van der Waals surface area contributed by atoms with Crippen LogP contribution in [-0.2, 0) is 0 Å². The summed E-state index contributed by atoms with van der Waals surface area (Å²) in [5.74, 6) is 1.19. The molecule has 4 aromatic heterocycles. The van der Waals surface area contributed by atoms with Crippen molar-refractivity contribution >= 4 is 89.0 Å². The number of hydrogen-bond acceptors (Lipinski definition) is 8. The van der Waals surface area contributed by atoms with E-state index in [-0.39, 0.29) is 0 Å². The predicted octanol–water partition coefficient (Wildman–Crippen LogP) is 14.7. The molecule has 12 aromatic rings. The Morgan fingerprint density at radius 3 is 1.52 bits per heavy atom. The van der Waals surface area contributed by atoms with E-state index < -0.39 is 0 Å². The van der Waals surface area contributed by atoms with Crippen molar-refractivity contribution in [2.45, 2.75) is 0 Å². The Balaban J connectivity index is 0.903. The Morgan fingerprint density at radius 1 is 0.344 bits per heavy atom. The Bertz CT molecular complexity index is 3310. The van der Waals surface area contributed by atoms with Crippen molar-refractivity contribution in [2.75, 3.05) is 9.80 Å². The largest absolute Gasteiger partial charge is 0.456 e. The third kappa shape index (κ3) is 6.13. The first-order valence-electron chi connectivity index (χ1n) is 20.1. The molecule has 12 rings (SSSR count). The monoisotopic (exact) mass is 787 g/mol. The molecule has 0 fully saturated rings. The molecule has 61 heavy (non-hydrogen) atoms. The second-order valence-electron chi connectivity index (χ2n) is 14.9. The number of anilines is 6. The van der Waals surface area contributed by atoms with E-state index in [2.05, 4.69) is 130 Å². The third-order valence-corrected chi connectivity index (χ3v) is 11.2. The van der Waals surface area contributed by atoms with Gasteiger partial charge in [-0.05, 0) is 144 Å². The van der Waals surface area contributed by atoms with Crippen LogP contribution in [0, 0.1) is 0 Å². The fraction of sp³-hybridized carbons (Fsp3) is 0. The average Bonchev–Trinajstić information content (AvgIpc) is 4.05. The molecule has 0 amide bonds. The summed E-state index contributed by atoms with van der Waals surface area (Å²) < 4.78 is 18.8. The lowest BCUT2D eigenvalue weighted by molar-refractivity contribution is 0.619. The second kappa shape index (κ2) is 14.1. The third-order valence-electron chi connectivity index (χ3n) is 11.2. The topological polar surface area (TPSA) is 84.6 Å². The molecule has 0 saturated heterocycles. The Hall–Kier alpha value is -8.49. The molecule has 8 heteroatoms. The summed E-state index contributed by atoms with van der Waals surface area (Å²) in [5, 5.41) is 4.31. The molecule has 0 N–H and O–H groups in total. The highest BCUT2D eigenvalue weighted by atomic mass is 16.4. The first-order chi connectivity index (χ1) is 30.2. The van der Waals surface area contributed by atoms with Gasteiger partial charge in [-0.25, -0.2) is 9.97 Å². The van der Waals surface area contributed by atoms with Crippen molar-refractivity contribution in [3.63, 3.8) is 0 Å². The lowest BCUT2D eigenvalue weighted by Crippen LogP contribution is -2.10. The number of oxazole rings is 2. The standard InChI is InChI=1S/C53H33N5O3/c1-2-9-38(10-3-1)57(39-21-16-34(17-22-39)52-55-46-12-4-6-14-48(46)60-52)41-25-20-36-30-45-44-27-26-42(32-51(44)59-50(45)31-37(36)29-41)58(43-11-8-28-54-33-43)40-23-18-35(19-24-40)53-56-47-13-5-7-15-49(47)61-53/h1-33H. The fourth-order valence-electron chi connectivity index (χ4n) is 8.23. The Morgan fingerprint density at radius 2 is 0.885 bits per heavy atom. The van der Waals surface area contributed by atoms with Gasteiger partial charge in [0.15, 0.2) is 11.2 Å². The number of aromatic nitrogens is 3. The number of pyridine rings is 1. The number of benzene rings is 8. The van der Waals surface area contributed by atoms with Gasteiger partial charge in [0.25, 0.3) is 0 Å². The van der Waals surface area contributed by atoms with Gasteiger partial charge < -0.3 is 23.1 Å². The highest BCUT2D eigenvalue weighted by Gasteiger charge is 2.19. The van der Waals surface area contributed by atoms with E-state index in [1.54, 1.807) is 6.20 Å². The highest BCUT2D eigenvalue weighted by Crippen LogP contribution is 2.42. The summed E-state index contributed by atoms with van der Waals surface area (Å²) in [6.07, 6.45) is 3.65. The van der Waals surface area contributed by atoms with Crippen molar-refractivity contribution in [3.8, 4) is 22.9 Å². The van der Waals surface area contributed by atoms with Crippen LogP contribution in [0.2, 0.25) is 0 Å². The molecule has 0 unspecified atom stereocenters. The number of para-hydroxylation sites is 5. The minimum atomic E-state index is 0.586. The van der Waals surface area contributed by atoms with Crippen LogP contribution >= 0.6 is 0 Å². The molecule has 0 atom stereocenters. The Labute approximate surface area is 349 Å². The molecule has 0 aliphatic rings. The van der Waals surface area contributed by atoms with Crippen LogP contribution in [0.5, 0.6) is 0 Å². The maximum absolute atomic E-state index is 6.68. The Kier molecular flexibility index (Phi) is 7.99. The zero-order valence-corrected chi connectivity index (χ0v) is 32.5. The van der Waals surface area contributed by atoms with Gasteiger partial charge in [-0.1, -0.05) is 48.5 Å². The molecular formula is C53H33N5O3. The van der Waals surface area contributed by atoms with Gasteiger partial charge >= 0.3 is 0 Å². The van der Waals surface area contributed by atoms with Gasteiger partial charge in [0.2, 0.25) is 11.8 Å². The van der Waals surface area contributed by atoms with E-state index in [9.17, 15) is 0 Å². The zero-order valence-electron chi connectivity index (χ0n) is 32.5. The predicted molar refractivity (Wildman–Crippen MR) is 244 cm³/mol. The summed E-state index contributed by atoms with van der Waals surface area (Å²) in [6.45, 7) is 0. The van der Waals surface area contributed by atoms with Crippen LogP contribution in [0.3, 0.4) is 0 Å². The molecule has 8 aromatic carbocycles. The van der Waals surface area contributed by atoms with Crippen LogP contribution in [0.15, 0.2) is 214 Å². The normalized spacial score (nSPS) is 11.6. The summed E-state index contributed by atoms with van der Waals surface area (Å²) >= 11 is 0. The SMILES string of the molecule is c1ccc(N(c2ccc(-c3nc4ccccc4o3)cc2)c2ccc3cc4c(cc3c2)oc2cc(N(c3ccc(-c5nc6ccccc6o5)cc3)c3cccnc3)ccc24)cc1. The van der Waals surface area contributed by atoms with Crippen molar-refractivity contribution in [3.05, 3.63) is 200 Å². The first-order valence-corrected chi connectivity index (χ1v) is 20.1. The van der Waals surface area contributed by atoms with Gasteiger partial charge in [0, 0.05) is 62.6 Å². The molecule has 0 aliphatic heterocycles. The van der Waals surface area contributed by atoms with Crippen molar-refractivity contribution in [1.29, 1.82) is 0 Å². The van der Waals surface area contributed by atoms with E-state index in [4.69, 9.17) is 23.2 Å². The molecule has 0 radical (unpaired) electrons. The van der Waals surface area contributed by atoms with Crippen LogP contribution in [0.1, 0.15) is 0 Å². The van der Waals surface area contributed by atoms with E-state index >= 15 is 0 Å². The van der Waals surface area contributed by atoms with Crippen molar-refractivity contribution in [1.82, 2.24) is 15.0 Å². The van der Waals surface area contributed by atoms with E-state index in [0.717, 1.165) is 100 Å². The summed E-state index contributed by atoms with van der Waals surface area (Å²) in [6, 6.07) is 64.0. The molecule has 288 valence electrons. The zero-order chi connectivity index (χ0) is 40.3. The number of rotatable bonds is 8. The molecule has 0 aliphatic carbocycles. The summed E-state index contributed by atoms with van der Waals surface area (Å²) in [7, 11) is 0. The molecule has 8 nitrogen and oxygen atoms in total. The van der Waals surface area contributed by atoms with E-state index in [1.807, 2.05) is 79.0 Å². The van der Waals surface area contributed by atoms with E-state index in [0.29, 0.717) is 11.8 Å². The molecule has 0 bridgehead atoms. The smallest absolute Gasteiger partial charge is 0.227 e. The van der Waals surface area contributed by atoms with Gasteiger partial charge in [-0.3, -0.25) is 4.98 Å². The van der Waals surface area contributed by atoms with Gasteiger partial charge in [0.1, 0.15) is 22.2 Å². The number of furan rings is 1. The lowest BCUT2D eigenvalue weighted by atomic mass is 10.0. The summed E-state index contributed by atoms with van der Waals surface area (Å²) in [4.78, 5) is 18.3.